The van der Waals surface area contributed by atoms with Gasteiger partial charge in [-0.15, -0.1) is 12.8 Å². The van der Waals surface area contributed by atoms with E-state index >= 15 is 0 Å². The first-order valence-electron chi connectivity index (χ1n) is 24.1. The zero-order valence-electron chi connectivity index (χ0n) is 44.4. The standard InChI is InChI=1S/C18H32O.C18H2.C12H22O.C12H6.C6H12O/c1-7-12-18(11-5)15(9-3)14(8-2)13(6)17(19)16(18)10-4;1-3-5-7-9-11-13-15-17-18-16-14-12-10-8-6-4-2;1-5-9-10(6-2)11(7-3)12(13)8-4;1-3-5-7-9-11-12-10-8-6-4-2;1-3-5-6(7)4-2/h15-16H,7-12H2,1-6H3;1-2H;5-9H2,1-4H3;1-2H3;3-5H2,1-2H3/b;;11-10+;;. The molecular formula is C66H74O3. The van der Waals surface area contributed by atoms with Crippen molar-refractivity contribution in [3.05, 3.63) is 22.3 Å². The van der Waals surface area contributed by atoms with Gasteiger partial charge in [-0.2, -0.15) is 0 Å². The van der Waals surface area contributed by atoms with Crippen LogP contribution < -0.4 is 0 Å². The predicted molar refractivity (Wildman–Crippen MR) is 294 cm³/mol. The first-order chi connectivity index (χ1) is 33.4. The van der Waals surface area contributed by atoms with Crippen molar-refractivity contribution in [1.29, 1.82) is 0 Å². The Hall–Kier alpha value is -7.67. The summed E-state index contributed by atoms with van der Waals surface area (Å²) in [5, 5.41) is 0. The Labute approximate surface area is 423 Å². The van der Waals surface area contributed by atoms with Gasteiger partial charge in [0.2, 0.25) is 0 Å². The normalized spacial score (nSPS) is 13.7. The summed E-state index contributed by atoms with van der Waals surface area (Å²) in [5.74, 6) is 65.8. The zero-order valence-corrected chi connectivity index (χ0v) is 44.4. The van der Waals surface area contributed by atoms with Crippen LogP contribution in [-0.4, -0.2) is 17.3 Å². The van der Waals surface area contributed by atoms with E-state index in [1.54, 1.807) is 13.8 Å². The Balaban J connectivity index is -0.000000396. The lowest BCUT2D eigenvalue weighted by Crippen LogP contribution is -2.46. The molecule has 0 aliphatic heterocycles. The average Bonchev–Trinajstić information content (AvgIpc) is 3.36. The van der Waals surface area contributed by atoms with Gasteiger partial charge in [0.1, 0.15) is 5.78 Å². The van der Waals surface area contributed by atoms with Gasteiger partial charge in [-0.05, 0) is 243 Å². The van der Waals surface area contributed by atoms with Crippen LogP contribution in [0.25, 0.3) is 0 Å². The summed E-state index contributed by atoms with van der Waals surface area (Å²) >= 11 is 0. The van der Waals surface area contributed by atoms with Crippen molar-refractivity contribution in [3.63, 3.8) is 0 Å². The first-order valence-corrected chi connectivity index (χ1v) is 24.1. The minimum Gasteiger partial charge on any atom is -0.300 e. The Kier molecular flexibility index (Phi) is 49.0. The second-order valence-corrected chi connectivity index (χ2v) is 14.6. The highest BCUT2D eigenvalue weighted by atomic mass is 16.1. The smallest absolute Gasteiger partial charge is 0.162 e. The van der Waals surface area contributed by atoms with Crippen LogP contribution in [0, 0.1) is 184 Å². The molecule has 0 bridgehead atoms. The van der Waals surface area contributed by atoms with E-state index in [9.17, 15) is 14.4 Å². The number of hydrogen-bond donors (Lipinski definition) is 0. The van der Waals surface area contributed by atoms with Crippen molar-refractivity contribution in [2.75, 3.05) is 0 Å². The molecule has 69 heavy (non-hydrogen) atoms. The molecule has 0 amide bonds. The molecule has 1 aliphatic rings. The van der Waals surface area contributed by atoms with E-state index < -0.39 is 0 Å². The van der Waals surface area contributed by atoms with Gasteiger partial charge in [0.25, 0.3) is 0 Å². The highest BCUT2D eigenvalue weighted by molar-refractivity contribution is 5.99. The molecule has 0 aromatic carbocycles. The van der Waals surface area contributed by atoms with Crippen molar-refractivity contribution >= 4 is 17.3 Å². The number of carbonyl (C=O) groups is 3. The topological polar surface area (TPSA) is 51.2 Å². The molecule has 3 nitrogen and oxygen atoms in total. The SMILES string of the molecule is C#CC#CC#CC#CC#CC#CC#CC#CC#C.CC#CC#CC#CC#CC#CC.CCC/C(CC)=C(\CC)C(=O)CC.CCCC(=O)CC.CCCC1(CC)C(CC)C(=O)C(C)=C(CC)C1CC. The van der Waals surface area contributed by atoms with Gasteiger partial charge in [-0.1, -0.05) is 112 Å². The molecule has 0 radical (unpaired) electrons. The summed E-state index contributed by atoms with van der Waals surface area (Å²) in [7, 11) is 0. The molecule has 0 spiro atoms. The number of allylic oxidation sites excluding steroid dienone is 4. The minimum atomic E-state index is 0.222. The number of rotatable bonds is 15. The number of Topliss-reactive ketones (excluding diaryl/α,β-unsaturated/α-hetero) is 3. The van der Waals surface area contributed by atoms with Crippen LogP contribution in [0.4, 0.5) is 0 Å². The summed E-state index contributed by atoms with van der Waals surface area (Å²) < 4.78 is 0. The Morgan fingerprint density at radius 1 is 0.493 bits per heavy atom. The molecule has 1 aliphatic carbocycles. The molecule has 0 saturated carbocycles. The predicted octanol–water partition coefficient (Wildman–Crippen LogP) is 12.5. The second-order valence-electron chi connectivity index (χ2n) is 14.6. The lowest BCUT2D eigenvalue weighted by Gasteiger charge is -2.50. The van der Waals surface area contributed by atoms with Crippen LogP contribution in [-0.2, 0) is 14.4 Å². The number of hydrogen-bond acceptors (Lipinski definition) is 3. The minimum absolute atomic E-state index is 0.222. The molecule has 0 N–H and O–H groups in total. The van der Waals surface area contributed by atoms with Crippen molar-refractivity contribution < 1.29 is 14.4 Å². The number of carbonyl (C=O) groups excluding carboxylic acids is 3. The third-order valence-electron chi connectivity index (χ3n) is 10.5. The Bertz CT molecular complexity index is 2490. The van der Waals surface area contributed by atoms with Gasteiger partial charge in [0, 0.05) is 25.2 Å². The molecule has 3 heteroatoms. The van der Waals surface area contributed by atoms with Gasteiger partial charge in [-0.25, -0.2) is 0 Å². The van der Waals surface area contributed by atoms with Crippen LogP contribution >= 0.6 is 0 Å². The Morgan fingerprint density at radius 2 is 0.884 bits per heavy atom. The lowest BCUT2D eigenvalue weighted by molar-refractivity contribution is -0.127. The van der Waals surface area contributed by atoms with Crippen LogP contribution in [0.5, 0.6) is 0 Å². The van der Waals surface area contributed by atoms with Gasteiger partial charge < -0.3 is 0 Å². The highest BCUT2D eigenvalue weighted by Crippen LogP contribution is 2.54. The number of terminal acetylenes is 2. The molecule has 0 heterocycles. The molecular weight excluding hydrogens is 841 g/mol. The third-order valence-corrected chi connectivity index (χ3v) is 10.5. The maximum Gasteiger partial charge on any atom is 0.162 e. The molecule has 356 valence electrons. The second kappa shape index (κ2) is 49.8. The summed E-state index contributed by atoms with van der Waals surface area (Å²) in [6.07, 6.45) is 23.8. The molecule has 0 aromatic rings. The van der Waals surface area contributed by atoms with Crippen LogP contribution in [0.3, 0.4) is 0 Å². The fourth-order valence-corrected chi connectivity index (χ4v) is 7.69. The molecule has 1 rings (SSSR count). The van der Waals surface area contributed by atoms with E-state index in [0.717, 1.165) is 68.9 Å². The first kappa shape index (κ1) is 67.9. The van der Waals surface area contributed by atoms with E-state index in [2.05, 4.69) is 216 Å². The summed E-state index contributed by atoms with van der Waals surface area (Å²) in [6, 6.07) is 0. The van der Waals surface area contributed by atoms with Crippen molar-refractivity contribution in [1.82, 2.24) is 0 Å². The zero-order chi connectivity index (χ0) is 53.0. The summed E-state index contributed by atoms with van der Waals surface area (Å²) in [6.45, 7) is 29.0. The summed E-state index contributed by atoms with van der Waals surface area (Å²) in [4.78, 5) is 34.8. The average molecular weight is 915 g/mol. The Morgan fingerprint density at radius 3 is 1.13 bits per heavy atom. The maximum absolute atomic E-state index is 12.8. The van der Waals surface area contributed by atoms with Crippen LogP contribution in [0.15, 0.2) is 22.3 Å². The fourth-order valence-electron chi connectivity index (χ4n) is 7.69. The van der Waals surface area contributed by atoms with E-state index in [-0.39, 0.29) is 11.3 Å². The van der Waals surface area contributed by atoms with E-state index in [0.29, 0.717) is 36.1 Å². The van der Waals surface area contributed by atoms with Gasteiger partial charge in [0.15, 0.2) is 11.6 Å². The quantitative estimate of drug-likeness (QED) is 0.121. The van der Waals surface area contributed by atoms with Crippen molar-refractivity contribution in [3.8, 4) is 167 Å². The fraction of sp³-hybridized carbons (Fsp3) is 0.470. The highest BCUT2D eigenvalue weighted by Gasteiger charge is 2.49. The van der Waals surface area contributed by atoms with Gasteiger partial charge in [-0.3, -0.25) is 14.4 Å². The van der Waals surface area contributed by atoms with Gasteiger partial charge in [0.05, 0.1) is 0 Å². The van der Waals surface area contributed by atoms with Crippen molar-refractivity contribution in [2.45, 2.75) is 187 Å². The van der Waals surface area contributed by atoms with Crippen LogP contribution in [0.2, 0.25) is 0 Å². The van der Waals surface area contributed by atoms with Crippen molar-refractivity contribution in [2.24, 2.45) is 17.3 Å². The molecule has 0 saturated heterocycles. The molecule has 0 fully saturated rings. The van der Waals surface area contributed by atoms with Gasteiger partial charge >= 0.3 is 0 Å². The number of ketones is 3. The maximum atomic E-state index is 12.8. The monoisotopic (exact) mass is 915 g/mol. The molecule has 3 atom stereocenters. The van der Waals surface area contributed by atoms with E-state index in [1.165, 1.54) is 30.4 Å². The van der Waals surface area contributed by atoms with E-state index in [4.69, 9.17) is 12.8 Å². The molecule has 0 aromatic heterocycles. The largest absolute Gasteiger partial charge is 0.300 e. The van der Waals surface area contributed by atoms with E-state index in [1.807, 2.05) is 20.8 Å². The molecule has 3 unspecified atom stereocenters. The lowest BCUT2D eigenvalue weighted by atomic mass is 9.53. The van der Waals surface area contributed by atoms with Crippen LogP contribution in [0.1, 0.15) is 187 Å². The third kappa shape index (κ3) is 32.6. The summed E-state index contributed by atoms with van der Waals surface area (Å²) in [5.41, 5.74) is 5.22.